The van der Waals surface area contributed by atoms with Gasteiger partial charge < -0.3 is 9.84 Å². The maximum atomic E-state index is 10.9. The van der Waals surface area contributed by atoms with Crippen LogP contribution in [0.5, 0.6) is 0 Å². The van der Waals surface area contributed by atoms with Crippen LogP contribution in [0, 0.1) is 0 Å². The van der Waals surface area contributed by atoms with Gasteiger partial charge in [0.15, 0.2) is 0 Å². The van der Waals surface area contributed by atoms with Gasteiger partial charge in [-0.1, -0.05) is 39.0 Å². The van der Waals surface area contributed by atoms with Gasteiger partial charge >= 0.3 is 5.97 Å². The number of rotatable bonds is 12. The van der Waals surface area contributed by atoms with Gasteiger partial charge in [0.05, 0.1) is 13.2 Å². The van der Waals surface area contributed by atoms with Crippen LogP contribution in [0.3, 0.4) is 0 Å². The molecule has 0 aliphatic heterocycles. The van der Waals surface area contributed by atoms with Crippen molar-refractivity contribution in [3.63, 3.8) is 0 Å². The summed E-state index contributed by atoms with van der Waals surface area (Å²) in [4.78, 5) is 10.9. The van der Waals surface area contributed by atoms with Gasteiger partial charge in [0.1, 0.15) is 0 Å². The maximum absolute atomic E-state index is 10.9. The van der Waals surface area contributed by atoms with E-state index >= 15 is 0 Å². The van der Waals surface area contributed by atoms with Crippen molar-refractivity contribution < 1.29 is 14.6 Å². The van der Waals surface area contributed by atoms with Gasteiger partial charge in [-0.15, -0.1) is 0 Å². The van der Waals surface area contributed by atoms with Crippen LogP contribution >= 0.6 is 11.8 Å². The lowest BCUT2D eigenvalue weighted by molar-refractivity contribution is -0.140. The second-order valence-electron chi connectivity index (χ2n) is 4.55. The summed E-state index contributed by atoms with van der Waals surface area (Å²) in [5, 5.41) is 9.64. The van der Waals surface area contributed by atoms with Crippen molar-refractivity contribution in [1.29, 1.82) is 0 Å². The minimum Gasteiger partial charge on any atom is -0.469 e. The fourth-order valence-corrected chi connectivity index (χ4v) is 2.47. The molecule has 4 heteroatoms. The number of unbranched alkanes of at least 4 members (excludes halogenated alkanes) is 5. The van der Waals surface area contributed by atoms with Crippen LogP contribution in [0.15, 0.2) is 0 Å². The molecule has 0 rings (SSSR count). The van der Waals surface area contributed by atoms with Crippen molar-refractivity contribution in [2.45, 2.75) is 64.4 Å². The van der Waals surface area contributed by atoms with E-state index in [-0.39, 0.29) is 12.1 Å². The second kappa shape index (κ2) is 13.2. The van der Waals surface area contributed by atoms with Gasteiger partial charge in [0, 0.05) is 12.2 Å². The number of thioether (sulfide) groups is 1. The third kappa shape index (κ3) is 12.2. The molecular formula is C14H28O3S. The van der Waals surface area contributed by atoms with Gasteiger partial charge in [0.2, 0.25) is 0 Å². The van der Waals surface area contributed by atoms with Crippen LogP contribution in [0.25, 0.3) is 0 Å². The monoisotopic (exact) mass is 276 g/mol. The number of esters is 1. The van der Waals surface area contributed by atoms with E-state index in [0.717, 1.165) is 37.2 Å². The van der Waals surface area contributed by atoms with E-state index in [2.05, 4.69) is 11.7 Å². The Morgan fingerprint density at radius 2 is 1.78 bits per heavy atom. The van der Waals surface area contributed by atoms with E-state index in [9.17, 15) is 9.90 Å². The van der Waals surface area contributed by atoms with E-state index in [1.165, 1.54) is 26.4 Å². The summed E-state index contributed by atoms with van der Waals surface area (Å²) >= 11 is 1.80. The summed E-state index contributed by atoms with van der Waals surface area (Å²) in [7, 11) is 1.43. The Bertz CT molecular complexity index is 197. The van der Waals surface area contributed by atoms with Crippen molar-refractivity contribution in [3.05, 3.63) is 0 Å². The summed E-state index contributed by atoms with van der Waals surface area (Å²) in [6.45, 7) is 2.12. The minimum atomic E-state index is -0.130. The van der Waals surface area contributed by atoms with E-state index in [4.69, 9.17) is 0 Å². The normalized spacial score (nSPS) is 12.4. The number of hydrogen-bond donors (Lipinski definition) is 1. The average molecular weight is 276 g/mol. The third-order valence-electron chi connectivity index (χ3n) is 2.91. The Hall–Kier alpha value is -0.220. The molecule has 1 N–H and O–H groups in total. The van der Waals surface area contributed by atoms with Crippen molar-refractivity contribution >= 4 is 17.7 Å². The van der Waals surface area contributed by atoms with Gasteiger partial charge in [-0.05, 0) is 18.6 Å². The first-order chi connectivity index (χ1) is 8.70. The zero-order chi connectivity index (χ0) is 13.6. The molecule has 0 aliphatic rings. The molecule has 108 valence electrons. The Morgan fingerprint density at radius 1 is 1.17 bits per heavy atom. The predicted octanol–water partition coefficient (Wildman–Crippen LogP) is 3.39. The largest absolute Gasteiger partial charge is 0.469 e. The predicted molar refractivity (Wildman–Crippen MR) is 78.0 cm³/mol. The molecule has 0 aliphatic carbocycles. The highest BCUT2D eigenvalue weighted by atomic mass is 32.2. The Kier molecular flexibility index (Phi) is 13.1. The quantitative estimate of drug-likeness (QED) is 0.438. The molecule has 3 nitrogen and oxygen atoms in total. The van der Waals surface area contributed by atoms with Crippen LogP contribution in [-0.4, -0.2) is 35.8 Å². The Morgan fingerprint density at radius 3 is 2.39 bits per heavy atom. The SMILES string of the molecule is CCSCC(O)CCCCCCCCC(=O)OC. The first-order valence-corrected chi connectivity index (χ1v) is 8.18. The zero-order valence-electron chi connectivity index (χ0n) is 11.8. The van der Waals surface area contributed by atoms with Crippen LogP contribution in [-0.2, 0) is 9.53 Å². The number of methoxy groups -OCH3 is 1. The Labute approximate surface area is 116 Å². The molecule has 0 aromatic rings. The highest BCUT2D eigenvalue weighted by Gasteiger charge is 2.03. The first-order valence-electron chi connectivity index (χ1n) is 7.03. The molecule has 18 heavy (non-hydrogen) atoms. The molecule has 0 spiro atoms. The Balaban J connectivity index is 3.13. The summed E-state index contributed by atoms with van der Waals surface area (Å²) in [6, 6.07) is 0. The summed E-state index contributed by atoms with van der Waals surface area (Å²) < 4.78 is 4.59. The fourth-order valence-electron chi connectivity index (χ4n) is 1.80. The van der Waals surface area contributed by atoms with Crippen LogP contribution < -0.4 is 0 Å². The van der Waals surface area contributed by atoms with Gasteiger partial charge in [-0.3, -0.25) is 4.79 Å². The van der Waals surface area contributed by atoms with Crippen molar-refractivity contribution in [2.24, 2.45) is 0 Å². The number of ether oxygens (including phenoxy) is 1. The molecule has 0 bridgehead atoms. The molecule has 0 amide bonds. The lowest BCUT2D eigenvalue weighted by atomic mass is 10.1. The number of aliphatic hydroxyl groups is 1. The zero-order valence-corrected chi connectivity index (χ0v) is 12.6. The van der Waals surface area contributed by atoms with Crippen LogP contribution in [0.4, 0.5) is 0 Å². The third-order valence-corrected chi connectivity index (χ3v) is 3.94. The van der Waals surface area contributed by atoms with Gasteiger partial charge in [-0.2, -0.15) is 11.8 Å². The molecule has 0 saturated carbocycles. The summed E-state index contributed by atoms with van der Waals surface area (Å²) in [5.41, 5.74) is 0. The lowest BCUT2D eigenvalue weighted by Gasteiger charge is -2.09. The summed E-state index contributed by atoms with van der Waals surface area (Å²) in [5.74, 6) is 1.85. The first kappa shape index (κ1) is 17.8. The van der Waals surface area contributed by atoms with E-state index in [1.54, 1.807) is 11.8 Å². The lowest BCUT2D eigenvalue weighted by Crippen LogP contribution is -2.09. The standard InChI is InChI=1S/C14H28O3S/c1-3-18-12-13(15)10-8-6-4-5-7-9-11-14(16)17-2/h13,15H,3-12H2,1-2H3. The molecule has 0 aromatic carbocycles. The minimum absolute atomic E-state index is 0.105. The van der Waals surface area contributed by atoms with Crippen LogP contribution in [0.1, 0.15) is 58.3 Å². The smallest absolute Gasteiger partial charge is 0.305 e. The van der Waals surface area contributed by atoms with E-state index < -0.39 is 0 Å². The average Bonchev–Trinajstić information content (AvgIpc) is 2.38. The van der Waals surface area contributed by atoms with Crippen LogP contribution in [0.2, 0.25) is 0 Å². The van der Waals surface area contributed by atoms with Gasteiger partial charge in [-0.25, -0.2) is 0 Å². The van der Waals surface area contributed by atoms with Crippen molar-refractivity contribution in [1.82, 2.24) is 0 Å². The summed E-state index contributed by atoms with van der Waals surface area (Å²) in [6.07, 6.45) is 8.05. The fraction of sp³-hybridized carbons (Fsp3) is 0.929. The topological polar surface area (TPSA) is 46.5 Å². The van der Waals surface area contributed by atoms with Gasteiger partial charge in [0.25, 0.3) is 0 Å². The highest BCUT2D eigenvalue weighted by molar-refractivity contribution is 7.99. The second-order valence-corrected chi connectivity index (χ2v) is 5.87. The molecule has 1 atom stereocenters. The number of carbonyl (C=O) groups excluding carboxylic acids is 1. The molecule has 0 saturated heterocycles. The number of carbonyl (C=O) groups is 1. The molecule has 0 radical (unpaired) electrons. The number of hydrogen-bond acceptors (Lipinski definition) is 4. The molecule has 0 fully saturated rings. The molecular weight excluding hydrogens is 248 g/mol. The van der Waals surface area contributed by atoms with Crippen molar-refractivity contribution in [2.75, 3.05) is 18.6 Å². The van der Waals surface area contributed by atoms with Crippen molar-refractivity contribution in [3.8, 4) is 0 Å². The highest BCUT2D eigenvalue weighted by Crippen LogP contribution is 2.12. The molecule has 0 heterocycles. The van der Waals surface area contributed by atoms with E-state index in [1.807, 2.05) is 0 Å². The molecule has 1 unspecified atom stereocenters. The van der Waals surface area contributed by atoms with E-state index in [0.29, 0.717) is 6.42 Å². The maximum Gasteiger partial charge on any atom is 0.305 e. The molecule has 0 aromatic heterocycles. The number of aliphatic hydroxyl groups excluding tert-OH is 1.